The van der Waals surface area contributed by atoms with E-state index in [1.165, 1.54) is 0 Å². The maximum absolute atomic E-state index is 11.8. The molecule has 0 radical (unpaired) electrons. The average molecular weight is 279 g/mol. The van der Waals surface area contributed by atoms with Crippen molar-refractivity contribution in [3.05, 3.63) is 23.9 Å². The molecule has 0 spiro atoms. The molecule has 1 aromatic rings. The highest BCUT2D eigenvalue weighted by Gasteiger charge is 2.19. The van der Waals surface area contributed by atoms with Crippen molar-refractivity contribution >= 4 is 11.9 Å². The molecule has 5 heteroatoms. The van der Waals surface area contributed by atoms with Crippen LogP contribution >= 0.6 is 0 Å². The molecule has 20 heavy (non-hydrogen) atoms. The van der Waals surface area contributed by atoms with E-state index < -0.39 is 5.60 Å². The molecule has 0 saturated carbocycles. The van der Waals surface area contributed by atoms with Crippen LogP contribution in [0.4, 0.5) is 10.6 Å². The van der Waals surface area contributed by atoms with Crippen molar-refractivity contribution in [3.8, 4) is 0 Å². The summed E-state index contributed by atoms with van der Waals surface area (Å²) in [6.45, 7) is 6.25. The highest BCUT2D eigenvalue weighted by atomic mass is 16.6. The highest BCUT2D eigenvalue weighted by molar-refractivity contribution is 5.67. The molecule has 0 bridgehead atoms. The third-order valence-electron chi connectivity index (χ3n) is 2.69. The lowest BCUT2D eigenvalue weighted by Gasteiger charge is -2.24. The van der Waals surface area contributed by atoms with E-state index in [0.717, 1.165) is 24.4 Å². The van der Waals surface area contributed by atoms with Crippen molar-refractivity contribution in [1.29, 1.82) is 0 Å². The molecule has 0 saturated heterocycles. The molecule has 5 nitrogen and oxygen atoms in total. The number of nitrogens with zero attached hydrogens (tertiary/aromatic N) is 2. The van der Waals surface area contributed by atoms with Gasteiger partial charge in [0.2, 0.25) is 0 Å². The summed E-state index contributed by atoms with van der Waals surface area (Å²) in [4.78, 5) is 17.8. The Morgan fingerprint density at radius 3 is 2.70 bits per heavy atom. The van der Waals surface area contributed by atoms with Crippen molar-refractivity contribution in [2.75, 3.05) is 26.0 Å². The van der Waals surface area contributed by atoms with Crippen LogP contribution in [0.1, 0.15) is 32.9 Å². The first-order valence-corrected chi connectivity index (χ1v) is 6.89. The minimum Gasteiger partial charge on any atom is -0.444 e. The summed E-state index contributed by atoms with van der Waals surface area (Å²) in [6.07, 6.45) is 1.41. The molecule has 0 unspecified atom stereocenters. The summed E-state index contributed by atoms with van der Waals surface area (Å²) in [5, 5.41) is 3.01. The SMILES string of the molecule is CNc1cccc(CCCN(C)C(=O)OC(C)(C)C)n1. The van der Waals surface area contributed by atoms with Crippen LogP contribution in [0.5, 0.6) is 0 Å². The van der Waals surface area contributed by atoms with Crippen molar-refractivity contribution in [3.63, 3.8) is 0 Å². The van der Waals surface area contributed by atoms with Crippen LogP contribution in [0.15, 0.2) is 18.2 Å². The standard InChI is InChI=1S/C15H25N3O2/c1-15(2,3)20-14(19)18(5)11-7-9-12-8-6-10-13(16-4)17-12/h6,8,10H,7,9,11H2,1-5H3,(H,16,17). The van der Waals surface area contributed by atoms with E-state index in [9.17, 15) is 4.79 Å². The molecule has 1 amide bonds. The molecular formula is C15H25N3O2. The summed E-state index contributed by atoms with van der Waals surface area (Å²) >= 11 is 0. The van der Waals surface area contributed by atoms with Gasteiger partial charge in [0.05, 0.1) is 0 Å². The lowest BCUT2D eigenvalue weighted by molar-refractivity contribution is 0.0297. The number of nitrogens with one attached hydrogen (secondary N) is 1. The highest BCUT2D eigenvalue weighted by Crippen LogP contribution is 2.10. The van der Waals surface area contributed by atoms with Crippen molar-refractivity contribution < 1.29 is 9.53 Å². The van der Waals surface area contributed by atoms with Crippen LogP contribution in [0.3, 0.4) is 0 Å². The van der Waals surface area contributed by atoms with Gasteiger partial charge in [-0.05, 0) is 45.7 Å². The Morgan fingerprint density at radius 1 is 1.40 bits per heavy atom. The molecular weight excluding hydrogens is 254 g/mol. The zero-order chi connectivity index (χ0) is 15.2. The predicted octanol–water partition coefficient (Wildman–Crippen LogP) is 2.92. The minimum absolute atomic E-state index is 0.283. The van der Waals surface area contributed by atoms with Gasteiger partial charge in [-0.2, -0.15) is 0 Å². The summed E-state index contributed by atoms with van der Waals surface area (Å²) < 4.78 is 5.30. The molecule has 0 aromatic carbocycles. The van der Waals surface area contributed by atoms with Crippen LogP contribution in [-0.4, -0.2) is 42.2 Å². The van der Waals surface area contributed by atoms with E-state index in [1.807, 2.05) is 46.0 Å². The zero-order valence-corrected chi connectivity index (χ0v) is 13.1. The number of pyridine rings is 1. The lowest BCUT2D eigenvalue weighted by Crippen LogP contribution is -2.34. The summed E-state index contributed by atoms with van der Waals surface area (Å²) in [7, 11) is 3.61. The summed E-state index contributed by atoms with van der Waals surface area (Å²) in [5.41, 5.74) is 0.572. The van der Waals surface area contributed by atoms with Gasteiger partial charge in [-0.3, -0.25) is 0 Å². The smallest absolute Gasteiger partial charge is 0.410 e. The van der Waals surface area contributed by atoms with E-state index in [-0.39, 0.29) is 6.09 Å². The van der Waals surface area contributed by atoms with Crippen molar-refractivity contribution in [1.82, 2.24) is 9.88 Å². The Bertz CT molecular complexity index is 441. The van der Waals surface area contributed by atoms with Gasteiger partial charge in [0.1, 0.15) is 11.4 Å². The number of aromatic nitrogens is 1. The summed E-state index contributed by atoms with van der Waals surface area (Å²) in [6, 6.07) is 5.90. The average Bonchev–Trinajstić information content (AvgIpc) is 2.37. The molecule has 1 aromatic heterocycles. The molecule has 0 aliphatic rings. The number of hydrogen-bond acceptors (Lipinski definition) is 4. The fourth-order valence-electron chi connectivity index (χ4n) is 1.69. The molecule has 0 aliphatic carbocycles. The molecule has 1 N–H and O–H groups in total. The monoisotopic (exact) mass is 279 g/mol. The van der Waals surface area contributed by atoms with E-state index in [4.69, 9.17) is 4.74 Å². The number of amides is 1. The third kappa shape index (κ3) is 5.91. The lowest BCUT2D eigenvalue weighted by atomic mass is 10.2. The second kappa shape index (κ2) is 7.12. The first kappa shape index (κ1) is 16.3. The Labute approximate surface area is 121 Å². The predicted molar refractivity (Wildman–Crippen MR) is 81.0 cm³/mol. The van der Waals surface area contributed by atoms with Crippen LogP contribution in [0.2, 0.25) is 0 Å². The number of anilines is 1. The van der Waals surface area contributed by atoms with Gasteiger partial charge < -0.3 is 15.0 Å². The fraction of sp³-hybridized carbons (Fsp3) is 0.600. The number of hydrogen-bond donors (Lipinski definition) is 1. The van der Waals surface area contributed by atoms with E-state index in [1.54, 1.807) is 11.9 Å². The Balaban J connectivity index is 2.38. The summed E-state index contributed by atoms with van der Waals surface area (Å²) in [5.74, 6) is 0.864. The van der Waals surface area contributed by atoms with Crippen LogP contribution in [0, 0.1) is 0 Å². The normalized spacial score (nSPS) is 11.1. The number of carbonyl (C=O) groups is 1. The second-order valence-electron chi connectivity index (χ2n) is 5.77. The van der Waals surface area contributed by atoms with E-state index >= 15 is 0 Å². The second-order valence-corrected chi connectivity index (χ2v) is 5.77. The van der Waals surface area contributed by atoms with Gasteiger partial charge in [-0.1, -0.05) is 6.07 Å². The van der Waals surface area contributed by atoms with Gasteiger partial charge in [-0.15, -0.1) is 0 Å². The van der Waals surface area contributed by atoms with Crippen molar-refractivity contribution in [2.24, 2.45) is 0 Å². The number of carbonyl (C=O) groups excluding carboxylic acids is 1. The van der Waals surface area contributed by atoms with Crippen LogP contribution in [0.25, 0.3) is 0 Å². The van der Waals surface area contributed by atoms with Crippen LogP contribution in [-0.2, 0) is 11.2 Å². The van der Waals surface area contributed by atoms with Gasteiger partial charge in [0.15, 0.2) is 0 Å². The first-order chi connectivity index (χ1) is 9.31. The fourth-order valence-corrected chi connectivity index (χ4v) is 1.69. The molecule has 1 rings (SSSR count). The molecule has 1 heterocycles. The maximum atomic E-state index is 11.8. The van der Waals surface area contributed by atoms with Crippen LogP contribution < -0.4 is 5.32 Å². The van der Waals surface area contributed by atoms with Gasteiger partial charge in [0.25, 0.3) is 0 Å². The number of ether oxygens (including phenoxy) is 1. The molecule has 112 valence electrons. The first-order valence-electron chi connectivity index (χ1n) is 6.89. The third-order valence-corrected chi connectivity index (χ3v) is 2.69. The zero-order valence-electron chi connectivity index (χ0n) is 13.1. The Hall–Kier alpha value is -1.78. The van der Waals surface area contributed by atoms with Gasteiger partial charge >= 0.3 is 6.09 Å². The molecule has 0 atom stereocenters. The largest absolute Gasteiger partial charge is 0.444 e. The molecule has 0 fully saturated rings. The quantitative estimate of drug-likeness (QED) is 0.900. The van der Waals surface area contributed by atoms with E-state index in [2.05, 4.69) is 10.3 Å². The van der Waals surface area contributed by atoms with Crippen molar-refractivity contribution in [2.45, 2.75) is 39.2 Å². The van der Waals surface area contributed by atoms with Gasteiger partial charge in [0, 0.05) is 26.3 Å². The van der Waals surface area contributed by atoms with Gasteiger partial charge in [-0.25, -0.2) is 9.78 Å². The number of rotatable bonds is 5. The topological polar surface area (TPSA) is 54.5 Å². The Morgan fingerprint density at radius 2 is 2.10 bits per heavy atom. The van der Waals surface area contributed by atoms with E-state index in [0.29, 0.717) is 6.54 Å². The molecule has 0 aliphatic heterocycles. The maximum Gasteiger partial charge on any atom is 0.410 e. The Kier molecular flexibility index (Phi) is 5.80. The minimum atomic E-state index is -0.450. The number of aryl methyl sites for hydroxylation is 1.